The van der Waals surface area contributed by atoms with Crippen LogP contribution in [0.5, 0.6) is 0 Å². The van der Waals surface area contributed by atoms with Gasteiger partial charge in [0.25, 0.3) is 0 Å². The monoisotopic (exact) mass is 254 g/mol. The van der Waals surface area contributed by atoms with E-state index in [1.807, 2.05) is 0 Å². The Morgan fingerprint density at radius 2 is 2.06 bits per heavy atom. The quantitative estimate of drug-likeness (QED) is 0.691. The lowest BCUT2D eigenvalue weighted by Crippen LogP contribution is -2.41. The number of carbonyl (C=O) groups excluding carboxylic acids is 1. The van der Waals surface area contributed by atoms with Gasteiger partial charge in [0.15, 0.2) is 0 Å². The number of nitrogens with one attached hydrogen (secondary N) is 2. The lowest BCUT2D eigenvalue weighted by molar-refractivity contribution is -0.139. The Balaban J connectivity index is 2.34. The zero-order valence-electron chi connectivity index (χ0n) is 9.94. The number of carbonyl (C=O) groups is 2. The van der Waals surface area contributed by atoms with Crippen molar-refractivity contribution in [2.45, 2.75) is 19.5 Å². The zero-order chi connectivity index (χ0) is 13.5. The van der Waals surface area contributed by atoms with E-state index in [2.05, 4.69) is 10.6 Å². The lowest BCUT2D eigenvalue weighted by atomic mass is 10.2. The summed E-state index contributed by atoms with van der Waals surface area (Å²) in [6.07, 6.45) is 0. The third kappa shape index (κ3) is 4.50. The number of hydrogen-bond acceptors (Lipinski definition) is 3. The SMILES string of the molecule is CC(NCC(=O)NCc1ccccc1F)C(=O)O. The van der Waals surface area contributed by atoms with Gasteiger partial charge >= 0.3 is 5.97 Å². The minimum atomic E-state index is -1.03. The van der Waals surface area contributed by atoms with Gasteiger partial charge in [0.05, 0.1) is 6.54 Å². The molecule has 0 aliphatic heterocycles. The maximum absolute atomic E-state index is 13.2. The number of hydrogen-bond donors (Lipinski definition) is 3. The van der Waals surface area contributed by atoms with Crippen molar-refractivity contribution < 1.29 is 19.1 Å². The second-order valence-corrected chi connectivity index (χ2v) is 3.81. The van der Waals surface area contributed by atoms with Gasteiger partial charge in [0, 0.05) is 12.1 Å². The fraction of sp³-hybridized carbons (Fsp3) is 0.333. The number of aliphatic carboxylic acids is 1. The van der Waals surface area contributed by atoms with Gasteiger partial charge in [-0.05, 0) is 13.0 Å². The van der Waals surface area contributed by atoms with Gasteiger partial charge < -0.3 is 10.4 Å². The minimum Gasteiger partial charge on any atom is -0.480 e. The summed E-state index contributed by atoms with van der Waals surface area (Å²) >= 11 is 0. The fourth-order valence-corrected chi connectivity index (χ4v) is 1.23. The molecule has 3 N–H and O–H groups in total. The molecule has 0 saturated carbocycles. The lowest BCUT2D eigenvalue weighted by Gasteiger charge is -2.09. The van der Waals surface area contributed by atoms with Crippen LogP contribution >= 0.6 is 0 Å². The Kier molecular flexibility index (Phi) is 5.26. The van der Waals surface area contributed by atoms with E-state index in [1.54, 1.807) is 18.2 Å². The molecule has 1 rings (SSSR count). The summed E-state index contributed by atoms with van der Waals surface area (Å²) < 4.78 is 13.2. The Labute approximate surface area is 104 Å². The Hall–Kier alpha value is -1.95. The molecule has 0 fully saturated rings. The number of carboxylic acids is 1. The molecule has 0 heterocycles. The topological polar surface area (TPSA) is 78.4 Å². The van der Waals surface area contributed by atoms with E-state index in [9.17, 15) is 14.0 Å². The molecule has 0 saturated heterocycles. The van der Waals surface area contributed by atoms with E-state index in [-0.39, 0.29) is 24.8 Å². The molecule has 98 valence electrons. The van der Waals surface area contributed by atoms with Gasteiger partial charge in [-0.2, -0.15) is 0 Å². The minimum absolute atomic E-state index is 0.0780. The van der Waals surface area contributed by atoms with Gasteiger partial charge in [0.1, 0.15) is 11.9 Å². The Morgan fingerprint density at radius 3 is 2.67 bits per heavy atom. The molecule has 6 heteroatoms. The summed E-state index contributed by atoms with van der Waals surface area (Å²) in [6, 6.07) is 5.32. The average Bonchev–Trinajstić information content (AvgIpc) is 2.34. The van der Waals surface area contributed by atoms with Crippen LogP contribution in [0.25, 0.3) is 0 Å². The average molecular weight is 254 g/mol. The van der Waals surface area contributed by atoms with Crippen LogP contribution in [-0.2, 0) is 16.1 Å². The molecule has 1 aromatic rings. The molecular formula is C12H15FN2O3. The third-order valence-corrected chi connectivity index (χ3v) is 2.37. The van der Waals surface area contributed by atoms with Crippen molar-refractivity contribution in [1.82, 2.24) is 10.6 Å². The first kappa shape index (κ1) is 14.1. The molecular weight excluding hydrogens is 239 g/mol. The van der Waals surface area contributed by atoms with E-state index in [4.69, 9.17) is 5.11 Å². The molecule has 1 aromatic carbocycles. The highest BCUT2D eigenvalue weighted by Crippen LogP contribution is 2.05. The summed E-state index contributed by atoms with van der Waals surface area (Å²) in [5, 5.41) is 13.6. The van der Waals surface area contributed by atoms with Crippen LogP contribution in [0.3, 0.4) is 0 Å². The van der Waals surface area contributed by atoms with Crippen LogP contribution in [0, 0.1) is 5.82 Å². The molecule has 0 aromatic heterocycles. The number of rotatable bonds is 6. The van der Waals surface area contributed by atoms with Crippen LogP contribution in [0.1, 0.15) is 12.5 Å². The zero-order valence-corrected chi connectivity index (χ0v) is 9.94. The highest BCUT2D eigenvalue weighted by atomic mass is 19.1. The van der Waals surface area contributed by atoms with Crippen molar-refractivity contribution in [2.24, 2.45) is 0 Å². The van der Waals surface area contributed by atoms with Crippen molar-refractivity contribution in [3.63, 3.8) is 0 Å². The van der Waals surface area contributed by atoms with Crippen molar-refractivity contribution in [3.05, 3.63) is 35.6 Å². The molecule has 18 heavy (non-hydrogen) atoms. The van der Waals surface area contributed by atoms with Crippen molar-refractivity contribution >= 4 is 11.9 Å². The molecule has 0 aliphatic rings. The molecule has 1 atom stereocenters. The van der Waals surface area contributed by atoms with Crippen LogP contribution in [-0.4, -0.2) is 29.6 Å². The normalized spacial score (nSPS) is 11.9. The third-order valence-electron chi connectivity index (χ3n) is 2.37. The largest absolute Gasteiger partial charge is 0.480 e. The Bertz CT molecular complexity index is 437. The van der Waals surface area contributed by atoms with Gasteiger partial charge in [0.2, 0.25) is 5.91 Å². The maximum Gasteiger partial charge on any atom is 0.320 e. The highest BCUT2D eigenvalue weighted by molar-refractivity contribution is 5.79. The molecule has 0 radical (unpaired) electrons. The first-order chi connectivity index (χ1) is 8.50. The van der Waals surface area contributed by atoms with E-state index in [0.717, 1.165) is 0 Å². The number of amides is 1. The van der Waals surface area contributed by atoms with Crippen LogP contribution in [0.15, 0.2) is 24.3 Å². The standard InChI is InChI=1S/C12H15FN2O3/c1-8(12(17)18)14-7-11(16)15-6-9-4-2-3-5-10(9)13/h2-5,8,14H,6-7H2,1H3,(H,15,16)(H,17,18). The van der Waals surface area contributed by atoms with Crippen molar-refractivity contribution in [2.75, 3.05) is 6.54 Å². The van der Waals surface area contributed by atoms with Crippen LogP contribution < -0.4 is 10.6 Å². The molecule has 0 spiro atoms. The summed E-state index contributed by atoms with van der Waals surface area (Å²) in [5.41, 5.74) is 0.386. The maximum atomic E-state index is 13.2. The second-order valence-electron chi connectivity index (χ2n) is 3.81. The fourth-order valence-electron chi connectivity index (χ4n) is 1.23. The van der Waals surface area contributed by atoms with Crippen molar-refractivity contribution in [1.29, 1.82) is 0 Å². The summed E-state index contributed by atoms with van der Waals surface area (Å²) in [4.78, 5) is 21.9. The van der Waals surface area contributed by atoms with E-state index in [0.29, 0.717) is 5.56 Å². The number of benzene rings is 1. The van der Waals surface area contributed by atoms with Crippen LogP contribution in [0.4, 0.5) is 4.39 Å². The molecule has 0 aliphatic carbocycles. The molecule has 5 nitrogen and oxygen atoms in total. The van der Waals surface area contributed by atoms with E-state index in [1.165, 1.54) is 13.0 Å². The Morgan fingerprint density at radius 1 is 1.39 bits per heavy atom. The van der Waals surface area contributed by atoms with Gasteiger partial charge in [-0.15, -0.1) is 0 Å². The molecule has 1 unspecified atom stereocenters. The highest BCUT2D eigenvalue weighted by Gasteiger charge is 2.11. The van der Waals surface area contributed by atoms with E-state index < -0.39 is 12.0 Å². The van der Waals surface area contributed by atoms with Crippen LogP contribution in [0.2, 0.25) is 0 Å². The molecule has 0 bridgehead atoms. The van der Waals surface area contributed by atoms with Gasteiger partial charge in [-0.1, -0.05) is 18.2 Å². The smallest absolute Gasteiger partial charge is 0.320 e. The first-order valence-electron chi connectivity index (χ1n) is 5.47. The predicted molar refractivity (Wildman–Crippen MR) is 63.3 cm³/mol. The summed E-state index contributed by atoms with van der Waals surface area (Å²) in [7, 11) is 0. The first-order valence-corrected chi connectivity index (χ1v) is 5.47. The predicted octanol–water partition coefficient (Wildman–Crippen LogP) is 0.505. The number of carboxylic acid groups (broad SMARTS) is 1. The van der Waals surface area contributed by atoms with Gasteiger partial charge in [-0.3, -0.25) is 14.9 Å². The number of halogens is 1. The van der Waals surface area contributed by atoms with Crippen molar-refractivity contribution in [3.8, 4) is 0 Å². The second kappa shape index (κ2) is 6.70. The molecule has 1 amide bonds. The summed E-state index contributed by atoms with van der Waals surface area (Å²) in [5.74, 6) is -1.80. The summed E-state index contributed by atoms with van der Waals surface area (Å²) in [6.45, 7) is 1.39. The van der Waals surface area contributed by atoms with E-state index >= 15 is 0 Å². The van der Waals surface area contributed by atoms with Gasteiger partial charge in [-0.25, -0.2) is 4.39 Å².